The van der Waals surface area contributed by atoms with E-state index in [-0.39, 0.29) is 5.91 Å². The number of aryl methyl sites for hydroxylation is 2. The van der Waals surface area contributed by atoms with Crippen molar-refractivity contribution < 1.29 is 4.79 Å². The highest BCUT2D eigenvalue weighted by molar-refractivity contribution is 5.81. The Morgan fingerprint density at radius 1 is 1.17 bits per heavy atom. The normalized spacial score (nSPS) is 10.2. The number of carbonyl (C=O) groups excluding carboxylic acids is 1. The summed E-state index contributed by atoms with van der Waals surface area (Å²) in [5.74, 6) is 0.130. The molecule has 0 bridgehead atoms. The number of amides is 1. The van der Waals surface area contributed by atoms with Crippen LogP contribution in [-0.4, -0.2) is 30.9 Å². The van der Waals surface area contributed by atoms with Gasteiger partial charge in [0.15, 0.2) is 0 Å². The summed E-state index contributed by atoms with van der Waals surface area (Å²) in [6, 6.07) is 6.33. The first-order valence-electron chi connectivity index (χ1n) is 6.72. The highest BCUT2D eigenvalue weighted by Gasteiger charge is 2.09. The van der Waals surface area contributed by atoms with Crippen molar-refractivity contribution in [2.24, 2.45) is 0 Å². The van der Waals surface area contributed by atoms with E-state index in [2.05, 4.69) is 37.4 Å². The largest absolute Gasteiger partial charge is 0.376 e. The Morgan fingerprint density at radius 2 is 1.72 bits per heavy atom. The van der Waals surface area contributed by atoms with Crippen LogP contribution in [0.25, 0.3) is 0 Å². The molecule has 100 valence electrons. The zero-order valence-electron chi connectivity index (χ0n) is 11.9. The van der Waals surface area contributed by atoms with Crippen molar-refractivity contribution in [2.75, 3.05) is 25.5 Å². The monoisotopic (exact) mass is 248 g/mol. The number of hydrogen-bond donors (Lipinski definition) is 1. The van der Waals surface area contributed by atoms with Gasteiger partial charge in [0.2, 0.25) is 5.91 Å². The van der Waals surface area contributed by atoms with Gasteiger partial charge < -0.3 is 10.2 Å². The average Bonchev–Trinajstić information content (AvgIpc) is 2.43. The van der Waals surface area contributed by atoms with Crippen LogP contribution in [0, 0.1) is 0 Å². The van der Waals surface area contributed by atoms with Gasteiger partial charge in [0, 0.05) is 19.3 Å². The standard InChI is InChI=1S/C15H24N2O/c1-5-12-9-8-10-13(6-2)15(12)16-11-14(18)17(4)7-3/h8-10,16H,5-7,11H2,1-4H3. The Labute approximate surface area is 110 Å². The van der Waals surface area contributed by atoms with Gasteiger partial charge in [0.25, 0.3) is 0 Å². The van der Waals surface area contributed by atoms with Crippen molar-refractivity contribution >= 4 is 11.6 Å². The predicted molar refractivity (Wildman–Crippen MR) is 77.0 cm³/mol. The van der Waals surface area contributed by atoms with E-state index in [1.54, 1.807) is 4.90 Å². The third kappa shape index (κ3) is 3.49. The van der Waals surface area contributed by atoms with Gasteiger partial charge in [0.05, 0.1) is 6.54 Å². The van der Waals surface area contributed by atoms with Gasteiger partial charge in [-0.05, 0) is 30.9 Å². The SMILES string of the molecule is CCc1cccc(CC)c1NCC(=O)N(C)CC. The summed E-state index contributed by atoms with van der Waals surface area (Å²) >= 11 is 0. The number of likely N-dealkylation sites (N-methyl/N-ethyl adjacent to an activating group) is 1. The number of benzene rings is 1. The van der Waals surface area contributed by atoms with E-state index < -0.39 is 0 Å². The summed E-state index contributed by atoms with van der Waals surface area (Å²) < 4.78 is 0. The predicted octanol–water partition coefficient (Wildman–Crippen LogP) is 2.70. The molecule has 1 rings (SSSR count). The van der Waals surface area contributed by atoms with Crippen molar-refractivity contribution in [1.82, 2.24) is 4.90 Å². The number of nitrogens with one attached hydrogen (secondary N) is 1. The second-order valence-corrected chi connectivity index (χ2v) is 4.42. The first-order chi connectivity index (χ1) is 8.63. The van der Waals surface area contributed by atoms with Gasteiger partial charge in [-0.3, -0.25) is 4.79 Å². The van der Waals surface area contributed by atoms with Crippen LogP contribution in [0.3, 0.4) is 0 Å². The van der Waals surface area contributed by atoms with Gasteiger partial charge in [0.1, 0.15) is 0 Å². The third-order valence-corrected chi connectivity index (χ3v) is 3.32. The van der Waals surface area contributed by atoms with Crippen LogP contribution in [0.2, 0.25) is 0 Å². The van der Waals surface area contributed by atoms with Crippen LogP contribution in [0.15, 0.2) is 18.2 Å². The number of nitrogens with zero attached hydrogens (tertiary/aromatic N) is 1. The van der Waals surface area contributed by atoms with Crippen LogP contribution in [0.5, 0.6) is 0 Å². The molecule has 1 amide bonds. The van der Waals surface area contributed by atoms with Gasteiger partial charge in [-0.15, -0.1) is 0 Å². The molecule has 0 saturated carbocycles. The number of rotatable bonds is 6. The van der Waals surface area contributed by atoms with Crippen LogP contribution < -0.4 is 5.32 Å². The topological polar surface area (TPSA) is 32.3 Å². The highest BCUT2D eigenvalue weighted by atomic mass is 16.2. The molecule has 1 aromatic carbocycles. The maximum Gasteiger partial charge on any atom is 0.241 e. The molecule has 3 nitrogen and oxygen atoms in total. The minimum atomic E-state index is 0.130. The molecule has 0 saturated heterocycles. The summed E-state index contributed by atoms with van der Waals surface area (Å²) in [5, 5.41) is 3.31. The van der Waals surface area contributed by atoms with E-state index >= 15 is 0 Å². The molecular formula is C15H24N2O. The second kappa shape index (κ2) is 7.04. The summed E-state index contributed by atoms with van der Waals surface area (Å²) in [6.07, 6.45) is 1.96. The molecular weight excluding hydrogens is 224 g/mol. The average molecular weight is 248 g/mol. The van der Waals surface area contributed by atoms with Crippen molar-refractivity contribution in [3.8, 4) is 0 Å². The summed E-state index contributed by atoms with van der Waals surface area (Å²) in [6.45, 7) is 7.38. The number of para-hydroxylation sites is 1. The lowest BCUT2D eigenvalue weighted by atomic mass is 10.0. The summed E-state index contributed by atoms with van der Waals surface area (Å²) in [5.41, 5.74) is 3.70. The molecule has 0 unspecified atom stereocenters. The number of hydrogen-bond acceptors (Lipinski definition) is 2. The molecule has 0 radical (unpaired) electrons. The summed E-state index contributed by atoms with van der Waals surface area (Å²) in [7, 11) is 1.83. The van der Waals surface area contributed by atoms with Gasteiger partial charge >= 0.3 is 0 Å². The van der Waals surface area contributed by atoms with Crippen molar-refractivity contribution in [2.45, 2.75) is 33.6 Å². The first-order valence-corrected chi connectivity index (χ1v) is 6.72. The third-order valence-electron chi connectivity index (χ3n) is 3.32. The van der Waals surface area contributed by atoms with E-state index in [1.807, 2.05) is 14.0 Å². The van der Waals surface area contributed by atoms with Crippen molar-refractivity contribution in [3.63, 3.8) is 0 Å². The fourth-order valence-corrected chi connectivity index (χ4v) is 1.94. The minimum Gasteiger partial charge on any atom is -0.376 e. The van der Waals surface area contributed by atoms with Crippen molar-refractivity contribution in [1.29, 1.82) is 0 Å². The lowest BCUT2D eigenvalue weighted by Gasteiger charge is -2.18. The molecule has 0 aliphatic heterocycles. The number of carbonyl (C=O) groups is 1. The molecule has 0 fully saturated rings. The Morgan fingerprint density at radius 3 is 2.17 bits per heavy atom. The lowest BCUT2D eigenvalue weighted by molar-refractivity contribution is -0.127. The zero-order chi connectivity index (χ0) is 13.5. The minimum absolute atomic E-state index is 0.130. The molecule has 1 aromatic rings. The van der Waals surface area contributed by atoms with Crippen LogP contribution in [0.1, 0.15) is 31.9 Å². The lowest BCUT2D eigenvalue weighted by Crippen LogP contribution is -2.32. The van der Waals surface area contributed by atoms with Crippen LogP contribution in [-0.2, 0) is 17.6 Å². The maximum absolute atomic E-state index is 11.8. The zero-order valence-corrected chi connectivity index (χ0v) is 11.9. The Balaban J connectivity index is 2.80. The van der Waals surface area contributed by atoms with Crippen molar-refractivity contribution in [3.05, 3.63) is 29.3 Å². The second-order valence-electron chi connectivity index (χ2n) is 4.42. The molecule has 0 aliphatic rings. The van der Waals surface area contributed by atoms with Gasteiger partial charge in [-0.25, -0.2) is 0 Å². The summed E-state index contributed by atoms with van der Waals surface area (Å²) in [4.78, 5) is 13.5. The van der Waals surface area contributed by atoms with E-state index in [4.69, 9.17) is 0 Å². The fraction of sp³-hybridized carbons (Fsp3) is 0.533. The molecule has 0 heterocycles. The molecule has 3 heteroatoms. The van der Waals surface area contributed by atoms with E-state index in [0.717, 1.165) is 25.1 Å². The fourth-order valence-electron chi connectivity index (χ4n) is 1.94. The van der Waals surface area contributed by atoms with E-state index in [1.165, 1.54) is 11.1 Å². The van der Waals surface area contributed by atoms with E-state index in [0.29, 0.717) is 6.54 Å². The maximum atomic E-state index is 11.8. The smallest absolute Gasteiger partial charge is 0.241 e. The van der Waals surface area contributed by atoms with Gasteiger partial charge in [-0.1, -0.05) is 32.0 Å². The first kappa shape index (κ1) is 14.6. The van der Waals surface area contributed by atoms with E-state index in [9.17, 15) is 4.79 Å². The quantitative estimate of drug-likeness (QED) is 0.839. The Kier molecular flexibility index (Phi) is 5.69. The van der Waals surface area contributed by atoms with Crippen LogP contribution >= 0.6 is 0 Å². The molecule has 18 heavy (non-hydrogen) atoms. The Bertz CT molecular complexity index is 379. The Hall–Kier alpha value is -1.51. The molecule has 1 N–H and O–H groups in total. The molecule has 0 atom stereocenters. The molecule has 0 aliphatic carbocycles. The number of anilines is 1. The van der Waals surface area contributed by atoms with Gasteiger partial charge in [-0.2, -0.15) is 0 Å². The molecule has 0 aromatic heterocycles. The van der Waals surface area contributed by atoms with Crippen LogP contribution in [0.4, 0.5) is 5.69 Å². The highest BCUT2D eigenvalue weighted by Crippen LogP contribution is 2.22. The molecule has 0 spiro atoms.